The highest BCUT2D eigenvalue weighted by Gasteiger charge is 2.38. The molecule has 34 heavy (non-hydrogen) atoms. The minimum Gasteiger partial charge on any atom is -0.406 e. The number of piperazine rings is 1. The number of urea groups is 1. The fourth-order valence-electron chi connectivity index (χ4n) is 3.27. The smallest absolute Gasteiger partial charge is 0.406 e. The zero-order chi connectivity index (χ0) is 25.3. The summed E-state index contributed by atoms with van der Waals surface area (Å²) in [5, 5.41) is 4.97. The number of carbonyl (C=O) groups excluding carboxylic acids is 2. The normalized spacial score (nSPS) is 17.7. The maximum absolute atomic E-state index is 13.7. The molecule has 2 atom stereocenters. The zero-order valence-corrected chi connectivity index (χ0v) is 17.3. The highest BCUT2D eigenvalue weighted by atomic mass is 19.4. The lowest BCUT2D eigenvalue weighted by molar-refractivity contribution is -0.274. The Hall–Kier alpha value is -3.58. The monoisotopic (exact) mass is 494 g/mol. The summed E-state index contributed by atoms with van der Waals surface area (Å²) < 4.78 is 94.4. The van der Waals surface area contributed by atoms with Crippen LogP contribution >= 0.6 is 0 Å². The van der Waals surface area contributed by atoms with Crippen LogP contribution in [-0.2, 0) is 11.0 Å². The van der Waals surface area contributed by atoms with Crippen molar-refractivity contribution in [2.75, 3.05) is 13.1 Å². The largest absolute Gasteiger partial charge is 0.573 e. The van der Waals surface area contributed by atoms with Gasteiger partial charge in [0.05, 0.1) is 11.7 Å². The SMILES string of the molecule is C[C@@H]1C(=O)NCCN1C(=O)N[C@@H](c1ccc(OC(F)(F)F)cc1)c1ccc(F)c(C(F)(F)F)n1. The minimum atomic E-state index is -5.14. The third-order valence-electron chi connectivity index (χ3n) is 4.91. The Morgan fingerprint density at radius 1 is 1.15 bits per heavy atom. The Bertz CT molecular complexity index is 1060. The molecule has 3 rings (SSSR count). The van der Waals surface area contributed by atoms with Crippen molar-refractivity contribution in [1.82, 2.24) is 20.5 Å². The molecule has 14 heteroatoms. The van der Waals surface area contributed by atoms with E-state index < -0.39 is 59.5 Å². The van der Waals surface area contributed by atoms with E-state index in [1.165, 1.54) is 6.92 Å². The first-order valence-electron chi connectivity index (χ1n) is 9.70. The van der Waals surface area contributed by atoms with Crippen molar-refractivity contribution in [3.05, 3.63) is 59.2 Å². The number of aromatic nitrogens is 1. The first-order chi connectivity index (χ1) is 15.8. The maximum atomic E-state index is 13.7. The Labute approximate surface area is 187 Å². The highest BCUT2D eigenvalue weighted by molar-refractivity contribution is 5.88. The number of amides is 3. The summed E-state index contributed by atoms with van der Waals surface area (Å²) in [5.41, 5.74) is -2.23. The number of pyridine rings is 1. The van der Waals surface area contributed by atoms with Gasteiger partial charge in [-0.3, -0.25) is 4.79 Å². The quantitative estimate of drug-likeness (QED) is 0.635. The van der Waals surface area contributed by atoms with Crippen LogP contribution in [0.4, 0.5) is 35.5 Å². The first-order valence-corrected chi connectivity index (χ1v) is 9.70. The van der Waals surface area contributed by atoms with Gasteiger partial charge in [0.15, 0.2) is 11.5 Å². The molecular formula is C20H17F7N4O3. The van der Waals surface area contributed by atoms with E-state index in [1.807, 2.05) is 0 Å². The van der Waals surface area contributed by atoms with E-state index in [9.17, 15) is 40.3 Å². The number of rotatable bonds is 4. The number of halogens is 7. The van der Waals surface area contributed by atoms with E-state index in [0.29, 0.717) is 6.07 Å². The second-order valence-electron chi connectivity index (χ2n) is 7.22. The summed E-state index contributed by atoms with van der Waals surface area (Å²) >= 11 is 0. The van der Waals surface area contributed by atoms with Gasteiger partial charge in [0, 0.05) is 13.1 Å². The second kappa shape index (κ2) is 9.35. The van der Waals surface area contributed by atoms with Gasteiger partial charge >= 0.3 is 18.6 Å². The molecule has 2 N–H and O–H groups in total. The number of alkyl halides is 6. The topological polar surface area (TPSA) is 83.6 Å². The molecule has 0 saturated carbocycles. The number of carbonyl (C=O) groups is 2. The van der Waals surface area contributed by atoms with Gasteiger partial charge in [0.25, 0.3) is 0 Å². The summed E-state index contributed by atoms with van der Waals surface area (Å²) in [6.07, 6.45) is -10.1. The molecule has 2 heterocycles. The molecule has 0 aliphatic carbocycles. The number of nitrogens with zero attached hydrogens (tertiary/aromatic N) is 2. The van der Waals surface area contributed by atoms with Crippen LogP contribution in [0.25, 0.3) is 0 Å². The van der Waals surface area contributed by atoms with E-state index in [4.69, 9.17) is 0 Å². The molecule has 1 aliphatic rings. The lowest BCUT2D eigenvalue weighted by atomic mass is 10.0. The van der Waals surface area contributed by atoms with Crippen molar-refractivity contribution in [2.45, 2.75) is 31.5 Å². The molecule has 7 nitrogen and oxygen atoms in total. The summed E-state index contributed by atoms with van der Waals surface area (Å²) in [7, 11) is 0. The number of ether oxygens (including phenoxy) is 1. The van der Waals surface area contributed by atoms with Gasteiger partial charge in [-0.1, -0.05) is 12.1 Å². The molecule has 1 aromatic carbocycles. The van der Waals surface area contributed by atoms with Gasteiger partial charge in [-0.15, -0.1) is 13.2 Å². The van der Waals surface area contributed by atoms with Gasteiger partial charge in [0.1, 0.15) is 11.8 Å². The number of nitrogens with one attached hydrogen (secondary N) is 2. The van der Waals surface area contributed by atoms with E-state index >= 15 is 0 Å². The summed E-state index contributed by atoms with van der Waals surface area (Å²) in [6, 6.07) is 2.20. The van der Waals surface area contributed by atoms with Crippen LogP contribution in [0.5, 0.6) is 5.75 Å². The van der Waals surface area contributed by atoms with Crippen LogP contribution in [0.1, 0.15) is 29.9 Å². The fraction of sp³-hybridized carbons (Fsp3) is 0.350. The predicted molar refractivity (Wildman–Crippen MR) is 102 cm³/mol. The van der Waals surface area contributed by atoms with Gasteiger partial charge in [-0.05, 0) is 36.8 Å². The van der Waals surface area contributed by atoms with Crippen LogP contribution in [-0.4, -0.2) is 47.3 Å². The fourth-order valence-corrected chi connectivity index (χ4v) is 3.27. The van der Waals surface area contributed by atoms with E-state index in [0.717, 1.165) is 35.2 Å². The molecule has 0 radical (unpaired) electrons. The van der Waals surface area contributed by atoms with Crippen molar-refractivity contribution < 1.29 is 45.1 Å². The van der Waals surface area contributed by atoms with Crippen molar-refractivity contribution in [1.29, 1.82) is 0 Å². The van der Waals surface area contributed by atoms with Crippen LogP contribution in [0, 0.1) is 5.82 Å². The van der Waals surface area contributed by atoms with Gasteiger partial charge in [-0.2, -0.15) is 13.2 Å². The second-order valence-corrected chi connectivity index (χ2v) is 7.22. The molecular weight excluding hydrogens is 477 g/mol. The van der Waals surface area contributed by atoms with Crippen LogP contribution < -0.4 is 15.4 Å². The van der Waals surface area contributed by atoms with Crippen LogP contribution in [0.3, 0.4) is 0 Å². The average molecular weight is 494 g/mol. The van der Waals surface area contributed by atoms with Gasteiger partial charge < -0.3 is 20.3 Å². The Morgan fingerprint density at radius 3 is 2.38 bits per heavy atom. The summed E-state index contributed by atoms with van der Waals surface area (Å²) in [4.78, 5) is 29.1. The van der Waals surface area contributed by atoms with Gasteiger partial charge in [-0.25, -0.2) is 14.2 Å². The minimum absolute atomic E-state index is 0.0317. The van der Waals surface area contributed by atoms with Crippen LogP contribution in [0.2, 0.25) is 0 Å². The summed E-state index contributed by atoms with van der Waals surface area (Å²) in [5.74, 6) is -2.70. The highest BCUT2D eigenvalue weighted by Crippen LogP contribution is 2.32. The lowest BCUT2D eigenvalue weighted by Gasteiger charge is -2.34. The van der Waals surface area contributed by atoms with E-state index in [-0.39, 0.29) is 18.7 Å². The molecule has 1 fully saturated rings. The number of hydrogen-bond acceptors (Lipinski definition) is 4. The molecule has 2 aromatic rings. The number of benzene rings is 1. The third kappa shape index (κ3) is 5.85. The summed E-state index contributed by atoms with van der Waals surface area (Å²) in [6.45, 7) is 1.66. The molecule has 1 aliphatic heterocycles. The van der Waals surface area contributed by atoms with Crippen molar-refractivity contribution >= 4 is 11.9 Å². The Morgan fingerprint density at radius 2 is 1.79 bits per heavy atom. The molecule has 0 spiro atoms. The number of hydrogen-bond donors (Lipinski definition) is 2. The Kier molecular flexibility index (Phi) is 6.89. The zero-order valence-electron chi connectivity index (χ0n) is 17.3. The van der Waals surface area contributed by atoms with Crippen molar-refractivity contribution in [2.24, 2.45) is 0 Å². The van der Waals surface area contributed by atoms with Crippen molar-refractivity contribution in [3.63, 3.8) is 0 Å². The molecule has 1 aromatic heterocycles. The predicted octanol–water partition coefficient (Wildman–Crippen LogP) is 3.76. The first kappa shape index (κ1) is 25.1. The standard InChI is InChI=1S/C20H17F7N4O3/c1-10-17(32)28-8-9-31(10)18(33)30-15(11-2-4-12(5-3-11)34-20(25,26)27)14-7-6-13(21)16(29-14)19(22,23)24/h2-7,10,15H,8-9H2,1H3,(H,28,32)(H,30,33)/t10-,15+/m1/s1. The Balaban J connectivity index is 1.99. The molecule has 184 valence electrons. The van der Waals surface area contributed by atoms with Crippen molar-refractivity contribution in [3.8, 4) is 5.75 Å². The third-order valence-corrected chi connectivity index (χ3v) is 4.91. The van der Waals surface area contributed by atoms with E-state index in [1.54, 1.807) is 0 Å². The van der Waals surface area contributed by atoms with E-state index in [2.05, 4.69) is 20.4 Å². The molecule has 0 bridgehead atoms. The maximum Gasteiger partial charge on any atom is 0.573 e. The van der Waals surface area contributed by atoms with Crippen LogP contribution in [0.15, 0.2) is 36.4 Å². The molecule has 3 amide bonds. The average Bonchev–Trinajstić information content (AvgIpc) is 2.73. The molecule has 1 saturated heterocycles. The molecule has 0 unspecified atom stereocenters. The van der Waals surface area contributed by atoms with Gasteiger partial charge in [0.2, 0.25) is 5.91 Å². The lowest BCUT2D eigenvalue weighted by Crippen LogP contribution is -2.58.